The third-order valence-corrected chi connectivity index (χ3v) is 7.19. The molecular weight excluding hydrogens is 468 g/mol. The van der Waals surface area contributed by atoms with Crippen molar-refractivity contribution in [2.24, 2.45) is 5.92 Å². The molecule has 1 aromatic carbocycles. The van der Waals surface area contributed by atoms with E-state index < -0.39 is 5.79 Å². The van der Waals surface area contributed by atoms with E-state index in [2.05, 4.69) is 31.0 Å². The first kappa shape index (κ1) is 22.3. The summed E-state index contributed by atoms with van der Waals surface area (Å²) in [5.41, 5.74) is 7.50. The highest BCUT2D eigenvalue weighted by atomic mass is 35.5. The molecule has 182 valence electrons. The molecule has 0 radical (unpaired) electrons. The number of hydrogen-bond acceptors (Lipinski definition) is 8. The number of nitrogens with two attached hydrogens (primary N) is 1. The Hall–Kier alpha value is -3.14. The van der Waals surface area contributed by atoms with Crippen LogP contribution in [0.1, 0.15) is 26.3 Å². The molecule has 6 rings (SSSR count). The molecule has 3 N–H and O–H groups in total. The highest BCUT2D eigenvalue weighted by Crippen LogP contribution is 2.48. The number of anilines is 2. The largest absolute Gasteiger partial charge is 0.493 e. The monoisotopic (exact) mass is 494 g/mol. The Kier molecular flexibility index (Phi) is 5.24. The second-order valence-electron chi connectivity index (χ2n) is 9.58. The lowest BCUT2D eigenvalue weighted by molar-refractivity contribution is -0.161. The van der Waals surface area contributed by atoms with Gasteiger partial charge in [0.1, 0.15) is 35.5 Å². The van der Waals surface area contributed by atoms with Crippen molar-refractivity contribution in [3.8, 4) is 5.75 Å². The fourth-order valence-corrected chi connectivity index (χ4v) is 5.52. The van der Waals surface area contributed by atoms with Crippen LogP contribution in [0.3, 0.4) is 0 Å². The molecule has 0 amide bonds. The van der Waals surface area contributed by atoms with Crippen LogP contribution in [-0.4, -0.2) is 51.2 Å². The summed E-state index contributed by atoms with van der Waals surface area (Å²) in [7, 11) is 1.86. The first-order valence-corrected chi connectivity index (χ1v) is 12.0. The molecule has 1 aliphatic carbocycles. The highest BCUT2D eigenvalue weighted by Gasteiger charge is 2.55. The lowest BCUT2D eigenvalue weighted by atomic mass is 10.1. The van der Waals surface area contributed by atoms with E-state index in [1.165, 1.54) is 0 Å². The predicted octanol–water partition coefficient (Wildman–Crippen LogP) is 4.42. The maximum Gasteiger partial charge on any atom is 0.163 e. The van der Waals surface area contributed by atoms with Crippen LogP contribution in [0.15, 0.2) is 42.9 Å². The summed E-state index contributed by atoms with van der Waals surface area (Å²) in [5.74, 6) is 1.31. The standard InChI is InChI=1S/C25H27ClN6O3/c1-25(2)34-20-14(11-33-15-5-4-13-8-17(26)22(27)31-18(13)10-15)9-19(21(20)35-25)32-7-6-16-23(28-3)29-12-30-24(16)32/h4-8,10,12,14,19-21H,9,11H2,1-3H3,(H2,27,31)(H,28,29,30)/t14-,19?,20-,21+/m1/s1. The van der Waals surface area contributed by atoms with Gasteiger partial charge in [0, 0.05) is 30.6 Å². The second-order valence-corrected chi connectivity index (χ2v) is 9.99. The maximum atomic E-state index is 6.38. The summed E-state index contributed by atoms with van der Waals surface area (Å²) in [4.78, 5) is 13.3. The molecule has 9 nitrogen and oxygen atoms in total. The van der Waals surface area contributed by atoms with Gasteiger partial charge in [0.15, 0.2) is 5.79 Å². The molecule has 2 aliphatic rings. The van der Waals surface area contributed by atoms with Crippen LogP contribution in [0.4, 0.5) is 11.6 Å². The van der Waals surface area contributed by atoms with Gasteiger partial charge < -0.3 is 29.8 Å². The van der Waals surface area contributed by atoms with Gasteiger partial charge in [-0.25, -0.2) is 15.0 Å². The average molecular weight is 495 g/mol. The predicted molar refractivity (Wildman–Crippen MR) is 135 cm³/mol. The fourth-order valence-electron chi connectivity index (χ4n) is 5.36. The van der Waals surface area contributed by atoms with Crippen LogP contribution in [0.2, 0.25) is 5.02 Å². The molecule has 35 heavy (non-hydrogen) atoms. The molecular formula is C25H27ClN6O3. The fraction of sp³-hybridized carbons (Fsp3) is 0.400. The molecule has 1 saturated heterocycles. The van der Waals surface area contributed by atoms with Crippen molar-refractivity contribution in [3.63, 3.8) is 0 Å². The topological polar surface area (TPSA) is 109 Å². The molecule has 2 fully saturated rings. The van der Waals surface area contributed by atoms with Gasteiger partial charge >= 0.3 is 0 Å². The molecule has 3 aromatic heterocycles. The zero-order valence-corrected chi connectivity index (χ0v) is 20.5. The van der Waals surface area contributed by atoms with Gasteiger partial charge in [-0.3, -0.25) is 0 Å². The van der Waals surface area contributed by atoms with Gasteiger partial charge in [-0.2, -0.15) is 0 Å². The Morgan fingerprint density at radius 1 is 1.20 bits per heavy atom. The van der Waals surface area contributed by atoms with Crippen molar-refractivity contribution in [2.75, 3.05) is 24.7 Å². The number of nitrogens with zero attached hydrogens (tertiary/aromatic N) is 4. The minimum atomic E-state index is -0.663. The Labute approximate surface area is 207 Å². The zero-order valence-electron chi connectivity index (χ0n) is 19.7. The van der Waals surface area contributed by atoms with E-state index in [-0.39, 0.29) is 24.2 Å². The number of aromatic nitrogens is 4. The van der Waals surface area contributed by atoms with Crippen molar-refractivity contribution in [1.82, 2.24) is 19.5 Å². The van der Waals surface area contributed by atoms with Crippen molar-refractivity contribution in [3.05, 3.63) is 47.9 Å². The van der Waals surface area contributed by atoms with E-state index >= 15 is 0 Å². The quantitative estimate of drug-likeness (QED) is 0.419. The van der Waals surface area contributed by atoms with Gasteiger partial charge in [0.05, 0.1) is 34.7 Å². The molecule has 0 spiro atoms. The minimum Gasteiger partial charge on any atom is -0.493 e. The first-order valence-electron chi connectivity index (χ1n) is 11.7. The third kappa shape index (κ3) is 3.84. The number of benzene rings is 1. The number of fused-ring (bicyclic) bond motifs is 3. The van der Waals surface area contributed by atoms with Gasteiger partial charge in [-0.1, -0.05) is 11.6 Å². The van der Waals surface area contributed by atoms with Crippen molar-refractivity contribution >= 4 is 45.2 Å². The summed E-state index contributed by atoms with van der Waals surface area (Å²) in [5, 5.41) is 5.47. The summed E-state index contributed by atoms with van der Waals surface area (Å²) in [6.45, 7) is 4.40. The van der Waals surface area contributed by atoms with Crippen LogP contribution in [0, 0.1) is 5.92 Å². The lowest BCUT2D eigenvalue weighted by Gasteiger charge is -2.24. The summed E-state index contributed by atoms with van der Waals surface area (Å²) in [6, 6.07) is 9.66. The van der Waals surface area contributed by atoms with Crippen LogP contribution < -0.4 is 15.8 Å². The van der Waals surface area contributed by atoms with Gasteiger partial charge in [-0.15, -0.1) is 0 Å². The van der Waals surface area contributed by atoms with Crippen molar-refractivity contribution in [1.29, 1.82) is 0 Å². The Bertz CT molecular complexity index is 1420. The molecule has 0 bridgehead atoms. The highest BCUT2D eigenvalue weighted by molar-refractivity contribution is 6.33. The number of ether oxygens (including phenoxy) is 3. The average Bonchev–Trinajstić information content (AvgIpc) is 3.49. The lowest BCUT2D eigenvalue weighted by Crippen LogP contribution is -2.29. The van der Waals surface area contributed by atoms with E-state index in [9.17, 15) is 0 Å². The number of nitrogens with one attached hydrogen (secondary N) is 1. The SMILES string of the molecule is CNc1ncnc2c1ccn2C1C[C@H](COc2ccc3cc(Cl)c(N)nc3c2)[C@H]2OC(C)(C)O[C@@H]12. The number of rotatable bonds is 5. The number of nitrogen functional groups attached to an aromatic ring is 1. The maximum absolute atomic E-state index is 6.38. The number of halogens is 1. The summed E-state index contributed by atoms with van der Waals surface area (Å²) in [6.07, 6.45) is 4.28. The Morgan fingerprint density at radius 2 is 2.03 bits per heavy atom. The summed E-state index contributed by atoms with van der Waals surface area (Å²) >= 11 is 6.10. The normalized spacial score (nSPS) is 25.3. The van der Waals surface area contributed by atoms with E-state index in [0.717, 1.165) is 39.9 Å². The number of pyridine rings is 1. The van der Waals surface area contributed by atoms with Crippen LogP contribution in [-0.2, 0) is 9.47 Å². The van der Waals surface area contributed by atoms with Gasteiger partial charge in [0.25, 0.3) is 0 Å². The van der Waals surface area contributed by atoms with E-state index in [1.807, 2.05) is 51.2 Å². The van der Waals surface area contributed by atoms with Gasteiger partial charge in [-0.05, 0) is 44.5 Å². The van der Waals surface area contributed by atoms with E-state index in [1.54, 1.807) is 6.33 Å². The van der Waals surface area contributed by atoms with Crippen LogP contribution in [0.25, 0.3) is 21.9 Å². The van der Waals surface area contributed by atoms with Crippen molar-refractivity contribution in [2.45, 2.75) is 44.3 Å². The Balaban J connectivity index is 1.27. The molecule has 1 unspecified atom stereocenters. The molecule has 1 saturated carbocycles. The van der Waals surface area contributed by atoms with Crippen molar-refractivity contribution < 1.29 is 14.2 Å². The molecule has 4 aromatic rings. The molecule has 4 atom stereocenters. The third-order valence-electron chi connectivity index (χ3n) is 6.89. The molecule has 10 heteroatoms. The van der Waals surface area contributed by atoms with E-state index in [4.69, 9.17) is 31.5 Å². The van der Waals surface area contributed by atoms with Gasteiger partial charge in [0.2, 0.25) is 0 Å². The van der Waals surface area contributed by atoms with Crippen LogP contribution in [0.5, 0.6) is 5.75 Å². The molecule has 4 heterocycles. The Morgan fingerprint density at radius 3 is 2.86 bits per heavy atom. The molecule has 1 aliphatic heterocycles. The summed E-state index contributed by atoms with van der Waals surface area (Å²) < 4.78 is 21.2. The zero-order chi connectivity index (χ0) is 24.3. The van der Waals surface area contributed by atoms with E-state index in [0.29, 0.717) is 17.4 Å². The second kappa shape index (κ2) is 8.22. The minimum absolute atomic E-state index is 0.0627. The first-order chi connectivity index (χ1) is 16.8. The van der Waals surface area contributed by atoms with Crippen LogP contribution >= 0.6 is 11.6 Å². The number of hydrogen-bond donors (Lipinski definition) is 2. The smallest absolute Gasteiger partial charge is 0.163 e.